The van der Waals surface area contributed by atoms with Gasteiger partial charge in [0.2, 0.25) is 5.89 Å². The lowest BCUT2D eigenvalue weighted by Gasteiger charge is -2.11. The molecule has 0 N–H and O–H groups in total. The van der Waals surface area contributed by atoms with Gasteiger partial charge in [-0.25, -0.2) is 4.98 Å². The lowest BCUT2D eigenvalue weighted by molar-refractivity contribution is 0.302. The molecule has 29 heavy (non-hydrogen) atoms. The summed E-state index contributed by atoms with van der Waals surface area (Å²) in [6.45, 7) is 8.55. The van der Waals surface area contributed by atoms with E-state index in [0.717, 1.165) is 34.4 Å². The zero-order valence-electron chi connectivity index (χ0n) is 17.0. The maximum atomic E-state index is 6.01. The number of hydrogen-bond donors (Lipinski definition) is 0. The third-order valence-electron chi connectivity index (χ3n) is 4.52. The Labute approximate surface area is 169 Å². The average molecular weight is 389 g/mol. The fourth-order valence-electron chi connectivity index (χ4n) is 3.08. The topological polar surface area (TPSA) is 70.3 Å². The third kappa shape index (κ3) is 3.92. The quantitative estimate of drug-likeness (QED) is 0.416. The van der Waals surface area contributed by atoms with Gasteiger partial charge in [0.1, 0.15) is 5.75 Å². The number of nitrogens with zero attached hydrogens (tertiary/aromatic N) is 3. The Bertz CT molecular complexity index is 1150. The van der Waals surface area contributed by atoms with E-state index in [1.165, 1.54) is 0 Å². The summed E-state index contributed by atoms with van der Waals surface area (Å²) >= 11 is 0. The van der Waals surface area contributed by atoms with Gasteiger partial charge in [-0.05, 0) is 50.5 Å². The van der Waals surface area contributed by atoms with Gasteiger partial charge in [-0.2, -0.15) is 9.97 Å². The van der Waals surface area contributed by atoms with Crippen LogP contribution in [0.1, 0.15) is 30.0 Å². The third-order valence-corrected chi connectivity index (χ3v) is 4.52. The second kappa shape index (κ2) is 7.91. The molecule has 0 saturated heterocycles. The summed E-state index contributed by atoms with van der Waals surface area (Å²) in [4.78, 5) is 13.5. The predicted octanol–water partition coefficient (Wildman–Crippen LogP) is 5.79. The van der Waals surface area contributed by atoms with Crippen LogP contribution >= 0.6 is 0 Å². The Hall–Kier alpha value is -3.41. The number of fused-ring (bicyclic) bond motifs is 1. The van der Waals surface area contributed by atoms with Gasteiger partial charge >= 0.3 is 6.01 Å². The van der Waals surface area contributed by atoms with Crippen LogP contribution < -0.4 is 9.47 Å². The van der Waals surface area contributed by atoms with Gasteiger partial charge in [-0.1, -0.05) is 42.8 Å². The summed E-state index contributed by atoms with van der Waals surface area (Å²) in [5.74, 6) is 1.57. The second-order valence-corrected chi connectivity index (χ2v) is 7.03. The highest BCUT2D eigenvalue weighted by molar-refractivity contribution is 5.78. The van der Waals surface area contributed by atoms with Crippen LogP contribution in [0.15, 0.2) is 46.9 Å². The molecule has 6 heteroatoms. The van der Waals surface area contributed by atoms with Crippen molar-refractivity contribution in [1.29, 1.82) is 0 Å². The smallest absolute Gasteiger partial charge is 0.328 e. The Kier molecular flexibility index (Phi) is 5.16. The van der Waals surface area contributed by atoms with E-state index in [4.69, 9.17) is 13.9 Å². The van der Waals surface area contributed by atoms with Gasteiger partial charge < -0.3 is 13.9 Å². The molecule has 4 rings (SSSR count). The molecule has 0 aliphatic rings. The molecule has 2 heterocycles. The van der Waals surface area contributed by atoms with Crippen molar-refractivity contribution in [2.75, 3.05) is 6.61 Å². The zero-order chi connectivity index (χ0) is 20.4. The summed E-state index contributed by atoms with van der Waals surface area (Å²) in [5.41, 5.74) is 4.83. The van der Waals surface area contributed by atoms with Crippen LogP contribution in [-0.4, -0.2) is 21.6 Å². The van der Waals surface area contributed by atoms with Crippen LogP contribution in [0.4, 0.5) is 0 Å². The molecular weight excluding hydrogens is 366 g/mol. The molecule has 6 nitrogen and oxygen atoms in total. The standard InChI is InChI=1S/C23H23N3O3/c1-5-12-27-21-18-22(29-20(24-18)17-11-6-8-14(2)13-17)26-23(25-21)28-19-15(3)9-7-10-16(19)4/h6-11,13H,5,12H2,1-4H3. The molecule has 4 aromatic rings. The van der Waals surface area contributed by atoms with E-state index in [0.29, 0.717) is 29.6 Å². The van der Waals surface area contributed by atoms with Crippen molar-refractivity contribution < 1.29 is 13.9 Å². The fourth-order valence-corrected chi connectivity index (χ4v) is 3.08. The van der Waals surface area contributed by atoms with Crippen LogP contribution in [-0.2, 0) is 0 Å². The van der Waals surface area contributed by atoms with Crippen LogP contribution in [0.2, 0.25) is 0 Å². The van der Waals surface area contributed by atoms with E-state index in [9.17, 15) is 0 Å². The number of para-hydroxylation sites is 1. The highest BCUT2D eigenvalue weighted by Crippen LogP contribution is 2.33. The predicted molar refractivity (Wildman–Crippen MR) is 112 cm³/mol. The number of benzene rings is 2. The highest BCUT2D eigenvalue weighted by Gasteiger charge is 2.19. The van der Waals surface area contributed by atoms with Crippen molar-refractivity contribution in [2.24, 2.45) is 0 Å². The Morgan fingerprint density at radius 2 is 1.69 bits per heavy atom. The van der Waals surface area contributed by atoms with Gasteiger partial charge in [-0.3, -0.25) is 0 Å². The first kappa shape index (κ1) is 18.9. The van der Waals surface area contributed by atoms with E-state index in [2.05, 4.69) is 15.0 Å². The SMILES string of the molecule is CCCOc1nc(Oc2c(C)cccc2C)nc2oc(-c3cccc(C)c3)nc12. The first-order valence-corrected chi connectivity index (χ1v) is 9.67. The molecule has 0 fully saturated rings. The molecule has 0 radical (unpaired) electrons. The molecule has 0 saturated carbocycles. The summed E-state index contributed by atoms with van der Waals surface area (Å²) in [7, 11) is 0. The normalized spacial score (nSPS) is 11.0. The second-order valence-electron chi connectivity index (χ2n) is 7.03. The molecule has 2 aromatic heterocycles. The lowest BCUT2D eigenvalue weighted by atomic mass is 10.1. The minimum absolute atomic E-state index is 0.174. The monoisotopic (exact) mass is 389 g/mol. The number of oxazole rings is 1. The maximum absolute atomic E-state index is 6.01. The van der Waals surface area contributed by atoms with Crippen molar-refractivity contribution in [3.8, 4) is 29.1 Å². The number of hydrogen-bond acceptors (Lipinski definition) is 6. The maximum Gasteiger partial charge on any atom is 0.328 e. The molecule has 0 aliphatic carbocycles. The molecule has 148 valence electrons. The van der Waals surface area contributed by atoms with Crippen molar-refractivity contribution >= 4 is 11.2 Å². The Morgan fingerprint density at radius 3 is 2.41 bits per heavy atom. The molecule has 0 atom stereocenters. The largest absolute Gasteiger partial charge is 0.476 e. The van der Waals surface area contributed by atoms with Crippen LogP contribution in [0.5, 0.6) is 17.6 Å². The molecular formula is C23H23N3O3. The van der Waals surface area contributed by atoms with Crippen molar-refractivity contribution in [3.63, 3.8) is 0 Å². The van der Waals surface area contributed by atoms with Crippen LogP contribution in [0.3, 0.4) is 0 Å². The van der Waals surface area contributed by atoms with Crippen molar-refractivity contribution in [2.45, 2.75) is 34.1 Å². The average Bonchev–Trinajstić information content (AvgIpc) is 3.13. The van der Waals surface area contributed by atoms with Crippen molar-refractivity contribution in [3.05, 3.63) is 59.2 Å². The van der Waals surface area contributed by atoms with Crippen LogP contribution in [0, 0.1) is 20.8 Å². The van der Waals surface area contributed by atoms with Gasteiger partial charge in [-0.15, -0.1) is 0 Å². The van der Waals surface area contributed by atoms with E-state index in [1.807, 2.05) is 70.2 Å². The van der Waals surface area contributed by atoms with E-state index < -0.39 is 0 Å². The van der Waals surface area contributed by atoms with E-state index in [-0.39, 0.29) is 6.01 Å². The molecule has 0 spiro atoms. The summed E-state index contributed by atoms with van der Waals surface area (Å²) < 4.78 is 17.8. The minimum Gasteiger partial charge on any atom is -0.476 e. The first-order valence-electron chi connectivity index (χ1n) is 9.67. The molecule has 0 aliphatic heterocycles. The van der Waals surface area contributed by atoms with Gasteiger partial charge in [0, 0.05) is 5.56 Å². The molecule has 2 aromatic carbocycles. The first-order chi connectivity index (χ1) is 14.0. The molecule has 0 unspecified atom stereocenters. The van der Waals surface area contributed by atoms with Gasteiger partial charge in [0.25, 0.3) is 11.6 Å². The highest BCUT2D eigenvalue weighted by atomic mass is 16.5. The number of ether oxygens (including phenoxy) is 2. The van der Waals surface area contributed by atoms with Crippen LogP contribution in [0.25, 0.3) is 22.7 Å². The van der Waals surface area contributed by atoms with Gasteiger partial charge in [0.05, 0.1) is 6.61 Å². The zero-order valence-corrected chi connectivity index (χ0v) is 17.0. The minimum atomic E-state index is 0.174. The van der Waals surface area contributed by atoms with E-state index in [1.54, 1.807) is 0 Å². The summed E-state index contributed by atoms with van der Waals surface area (Å²) in [6.07, 6.45) is 0.848. The summed E-state index contributed by atoms with van der Waals surface area (Å²) in [5, 5.41) is 0. The molecule has 0 bridgehead atoms. The number of aromatic nitrogens is 3. The van der Waals surface area contributed by atoms with E-state index >= 15 is 0 Å². The lowest BCUT2D eigenvalue weighted by Crippen LogP contribution is -2.02. The van der Waals surface area contributed by atoms with Crippen molar-refractivity contribution in [1.82, 2.24) is 15.0 Å². The number of rotatable bonds is 6. The Balaban J connectivity index is 1.80. The molecule has 0 amide bonds. The van der Waals surface area contributed by atoms with Gasteiger partial charge in [0.15, 0.2) is 5.52 Å². The Morgan fingerprint density at radius 1 is 0.931 bits per heavy atom. The summed E-state index contributed by atoms with van der Waals surface area (Å²) in [6, 6.07) is 14.1. The number of aryl methyl sites for hydroxylation is 3. The fraction of sp³-hybridized carbons (Fsp3) is 0.261.